The summed E-state index contributed by atoms with van der Waals surface area (Å²) in [5, 5.41) is 43.8. The zero-order valence-electron chi connectivity index (χ0n) is 31.8. The van der Waals surface area contributed by atoms with Crippen molar-refractivity contribution < 1.29 is 58.7 Å². The van der Waals surface area contributed by atoms with E-state index in [-0.39, 0.29) is 78.5 Å². The van der Waals surface area contributed by atoms with Gasteiger partial charge in [0, 0.05) is 30.3 Å². The third-order valence-corrected chi connectivity index (χ3v) is 15.6. The molecule has 15 nitrogen and oxygen atoms in total. The smallest absolute Gasteiger partial charge is 0.336 e. The van der Waals surface area contributed by atoms with Crippen molar-refractivity contribution in [1.29, 1.82) is 0 Å². The number of rotatable bonds is 14. The van der Waals surface area contributed by atoms with Gasteiger partial charge in [0.05, 0.1) is 30.3 Å². The number of esters is 1. The number of ether oxygens (including phenoxy) is 2. The molecule has 1 saturated heterocycles. The van der Waals surface area contributed by atoms with E-state index in [9.17, 15) is 39.0 Å². The molecule has 16 heteroatoms. The molecule has 4 fully saturated rings. The number of aliphatic hydroxyl groups excluding tert-OH is 2. The molecule has 13 atom stereocenters. The van der Waals surface area contributed by atoms with Crippen molar-refractivity contribution in [3.05, 3.63) is 11.1 Å². The summed E-state index contributed by atoms with van der Waals surface area (Å²) in [6.45, 7) is 9.44. The molecule has 2 amide bonds. The Morgan fingerprint density at radius 1 is 1.06 bits per heavy atom. The number of ketones is 1. The predicted octanol–water partition coefficient (Wildman–Crippen LogP) is 1.41. The highest BCUT2D eigenvalue weighted by Gasteiger charge is 2.70. The predicted molar refractivity (Wildman–Crippen MR) is 196 cm³/mol. The van der Waals surface area contributed by atoms with Crippen LogP contribution in [-0.2, 0) is 38.2 Å². The summed E-state index contributed by atoms with van der Waals surface area (Å²) in [5.74, 6) is -3.87. The van der Waals surface area contributed by atoms with Crippen LogP contribution in [0.5, 0.6) is 0 Å². The van der Waals surface area contributed by atoms with Crippen LogP contribution in [0.4, 0.5) is 0 Å². The summed E-state index contributed by atoms with van der Waals surface area (Å²) in [6.07, 6.45) is 2.33. The van der Waals surface area contributed by atoms with Crippen LogP contribution in [-0.4, -0.2) is 117 Å². The first-order valence-corrected chi connectivity index (χ1v) is 20.1. The third-order valence-electron chi connectivity index (χ3n) is 14.2. The molecule has 8 N–H and O–H groups in total. The molecule has 5 rings (SSSR count). The van der Waals surface area contributed by atoms with Gasteiger partial charge in [0.15, 0.2) is 0 Å². The van der Waals surface area contributed by atoms with E-state index in [2.05, 4.69) is 24.5 Å². The number of carboxylic acid groups (broad SMARTS) is 2. The first kappa shape index (κ1) is 42.1. The number of carbonyl (C=O) groups is 6. The average Bonchev–Trinajstić information content (AvgIpc) is 3.47. The topological polar surface area (TPSA) is 252 Å². The Hall–Kier alpha value is -3.05. The fourth-order valence-corrected chi connectivity index (χ4v) is 12.2. The van der Waals surface area contributed by atoms with Gasteiger partial charge >= 0.3 is 17.9 Å². The standard InChI is InChI=1S/C38H57N3O12S/c1-18-12-27(53-35(51)20(18)15-42)19(2)22-6-7-23-21-16-52-38(5)32(47)28(13-29(43)37(38,4)24(21)10-11-36(22,23)3)54-17-26(33(48)40-14-31(45)46)41-30(44)9-8-25(39)34(49)50/h19,21-28,32,42,47H,6-17,39H2,1-5H3,(H,40,48)(H,41,44)(H,45,46)(H,49,50)/t19-,21?,22+,23?,24?,25+,26-,27+,28?,32-,36+,37-,38-/m0/s1. The van der Waals surface area contributed by atoms with Crippen LogP contribution in [0.25, 0.3) is 0 Å². The van der Waals surface area contributed by atoms with Crippen molar-refractivity contribution in [2.45, 2.75) is 121 Å². The molecule has 0 spiro atoms. The minimum atomic E-state index is -1.29. The van der Waals surface area contributed by atoms with Gasteiger partial charge in [0.2, 0.25) is 11.8 Å². The molecule has 302 valence electrons. The Labute approximate surface area is 319 Å². The van der Waals surface area contributed by atoms with Crippen LogP contribution in [0.1, 0.15) is 86.0 Å². The molecular formula is C38H57N3O12S. The molecule has 0 aromatic carbocycles. The monoisotopic (exact) mass is 779 g/mol. The van der Waals surface area contributed by atoms with E-state index >= 15 is 0 Å². The summed E-state index contributed by atoms with van der Waals surface area (Å²) < 4.78 is 12.5. The molecule has 3 aliphatic carbocycles. The number of nitrogens with one attached hydrogen (secondary N) is 2. The number of amides is 2. The first-order chi connectivity index (χ1) is 25.3. The molecule has 0 aromatic heterocycles. The second kappa shape index (κ2) is 16.2. The highest BCUT2D eigenvalue weighted by Crippen LogP contribution is 2.68. The summed E-state index contributed by atoms with van der Waals surface area (Å²) in [7, 11) is 0. The lowest BCUT2D eigenvalue weighted by atomic mass is 9.45. The molecule has 0 aromatic rings. The Balaban J connectivity index is 1.28. The van der Waals surface area contributed by atoms with E-state index < -0.39 is 70.7 Å². The van der Waals surface area contributed by atoms with E-state index in [1.54, 1.807) is 6.92 Å². The molecule has 2 heterocycles. The van der Waals surface area contributed by atoms with Gasteiger partial charge < -0.3 is 46.3 Å². The number of hydrogen-bond donors (Lipinski definition) is 7. The first-order valence-electron chi connectivity index (χ1n) is 19.0. The van der Waals surface area contributed by atoms with Gasteiger partial charge in [-0.05, 0) is 87.9 Å². The van der Waals surface area contributed by atoms with Crippen LogP contribution in [0.15, 0.2) is 11.1 Å². The minimum Gasteiger partial charge on any atom is -0.480 e. The Kier molecular flexibility index (Phi) is 12.6. The van der Waals surface area contributed by atoms with Gasteiger partial charge in [-0.2, -0.15) is 11.8 Å². The number of aliphatic hydroxyl groups is 2. The van der Waals surface area contributed by atoms with Gasteiger partial charge in [-0.25, -0.2) is 4.79 Å². The van der Waals surface area contributed by atoms with E-state index in [4.69, 9.17) is 25.4 Å². The van der Waals surface area contributed by atoms with Crippen molar-refractivity contribution in [3.8, 4) is 0 Å². The van der Waals surface area contributed by atoms with Crippen LogP contribution in [0.3, 0.4) is 0 Å². The maximum atomic E-state index is 14.4. The molecule has 3 saturated carbocycles. The van der Waals surface area contributed by atoms with Gasteiger partial charge in [-0.1, -0.05) is 19.4 Å². The Morgan fingerprint density at radius 2 is 1.76 bits per heavy atom. The van der Waals surface area contributed by atoms with Gasteiger partial charge in [0.25, 0.3) is 0 Å². The SMILES string of the molecule is CC1=C(CO)C(=O)O[C@@H]([C@@H](C)[C@H]2CCC3C4CO[C@@]5(C)[C@@H](O)C(SC[C@H](NC(=O)CC[C@@H](N)C(=O)O)C(=O)NCC(=O)O)CC(=O)[C@]5(C)C4CC[C@@]32C)C1. The molecule has 4 unspecified atom stereocenters. The summed E-state index contributed by atoms with van der Waals surface area (Å²) in [4.78, 5) is 74.9. The van der Waals surface area contributed by atoms with Crippen LogP contribution in [0.2, 0.25) is 0 Å². The lowest BCUT2D eigenvalue weighted by Crippen LogP contribution is -2.72. The number of nitrogens with two attached hydrogens (primary N) is 1. The molecule has 54 heavy (non-hydrogen) atoms. The van der Waals surface area contributed by atoms with E-state index in [0.717, 1.165) is 43.0 Å². The van der Waals surface area contributed by atoms with Crippen molar-refractivity contribution in [1.82, 2.24) is 10.6 Å². The Morgan fingerprint density at radius 3 is 2.39 bits per heavy atom. The van der Waals surface area contributed by atoms with Crippen LogP contribution in [0, 0.1) is 40.4 Å². The highest BCUT2D eigenvalue weighted by molar-refractivity contribution is 8.00. The fraction of sp³-hybridized carbons (Fsp3) is 0.789. The maximum Gasteiger partial charge on any atom is 0.336 e. The quantitative estimate of drug-likeness (QED) is 0.123. The van der Waals surface area contributed by atoms with Crippen LogP contribution >= 0.6 is 11.8 Å². The summed E-state index contributed by atoms with van der Waals surface area (Å²) in [5.41, 5.74) is 4.43. The Bertz CT molecular complexity index is 1560. The summed E-state index contributed by atoms with van der Waals surface area (Å²) >= 11 is 1.12. The number of aliphatic carboxylic acids is 2. The largest absolute Gasteiger partial charge is 0.480 e. The normalized spacial score (nSPS) is 37.9. The molecule has 0 radical (unpaired) electrons. The van der Waals surface area contributed by atoms with Crippen LogP contribution < -0.4 is 16.4 Å². The third kappa shape index (κ3) is 7.57. The zero-order valence-corrected chi connectivity index (χ0v) is 32.6. The number of thioether (sulfide) groups is 1. The van der Waals surface area contributed by atoms with E-state index in [1.807, 2.05) is 13.8 Å². The minimum absolute atomic E-state index is 0.00666. The number of fused-ring (bicyclic) bond motifs is 5. The van der Waals surface area contributed by atoms with Gasteiger partial charge in [0.1, 0.15) is 36.1 Å². The lowest BCUT2D eigenvalue weighted by molar-refractivity contribution is -0.268. The van der Waals surface area contributed by atoms with Gasteiger partial charge in [-0.3, -0.25) is 24.0 Å². The van der Waals surface area contributed by atoms with Gasteiger partial charge in [-0.15, -0.1) is 0 Å². The maximum absolute atomic E-state index is 14.4. The zero-order chi connectivity index (χ0) is 39.9. The molecular weight excluding hydrogens is 722 g/mol. The average molecular weight is 780 g/mol. The highest BCUT2D eigenvalue weighted by atomic mass is 32.2. The number of carbonyl (C=O) groups excluding carboxylic acids is 4. The fourth-order valence-electron chi connectivity index (χ4n) is 10.8. The number of cyclic esters (lactones) is 1. The number of hydrogen-bond acceptors (Lipinski definition) is 12. The second-order valence-electron chi connectivity index (χ2n) is 16.8. The van der Waals surface area contributed by atoms with Crippen molar-refractivity contribution in [3.63, 3.8) is 0 Å². The summed E-state index contributed by atoms with van der Waals surface area (Å²) in [6, 6.07) is -2.51. The molecule has 5 aliphatic rings. The molecule has 2 aliphatic heterocycles. The second-order valence-corrected chi connectivity index (χ2v) is 18.1. The van der Waals surface area contributed by atoms with Crippen molar-refractivity contribution >= 4 is 47.3 Å². The number of carboxylic acids is 2. The van der Waals surface area contributed by atoms with Crippen molar-refractivity contribution in [2.75, 3.05) is 25.5 Å². The molecule has 0 bridgehead atoms. The van der Waals surface area contributed by atoms with E-state index in [0.29, 0.717) is 18.6 Å². The lowest BCUT2D eigenvalue weighted by Gasteiger charge is -2.65. The van der Waals surface area contributed by atoms with Crippen molar-refractivity contribution in [2.24, 2.45) is 46.2 Å². The number of Topliss-reactive ketones (excluding diaryl/α,β-unsaturated/α-hetero) is 1. The van der Waals surface area contributed by atoms with E-state index in [1.165, 1.54) is 0 Å².